The van der Waals surface area contributed by atoms with Crippen molar-refractivity contribution in [2.24, 2.45) is 0 Å². The normalized spacial score (nSPS) is 12.2. The summed E-state index contributed by atoms with van der Waals surface area (Å²) in [5.41, 5.74) is 15.9. The molecule has 3 aromatic heterocycles. The molecule has 0 spiro atoms. The number of rotatable bonds is 10. The third-order valence-electron chi connectivity index (χ3n) is 15.0. The number of hydrogen-bond donors (Lipinski definition) is 0. The lowest BCUT2D eigenvalue weighted by atomic mass is 9.99. The van der Waals surface area contributed by atoms with Gasteiger partial charge in [0, 0.05) is 49.9 Å². The molecule has 0 aliphatic heterocycles. The van der Waals surface area contributed by atoms with E-state index in [1.807, 2.05) is 66.7 Å². The highest BCUT2D eigenvalue weighted by Gasteiger charge is 2.31. The second-order valence-corrected chi connectivity index (χ2v) is 20.1. The van der Waals surface area contributed by atoms with Gasteiger partial charge in [-0.15, -0.1) is 0 Å². The Hall–Kier alpha value is -9.00. The molecule has 0 radical (unpaired) electrons. The maximum atomic E-state index is 13.5. The molecule has 0 saturated heterocycles. The van der Waals surface area contributed by atoms with Gasteiger partial charge < -0.3 is 14.0 Å². The summed E-state index contributed by atoms with van der Waals surface area (Å²) in [6.07, 6.45) is -7.02. The van der Waals surface area contributed by atoms with Gasteiger partial charge >= 0.3 is 12.4 Å². The van der Waals surface area contributed by atoms with Gasteiger partial charge in [0.1, 0.15) is 11.0 Å². The minimum absolute atomic E-state index is 0.610. The number of aryl methyl sites for hydroxylation is 2. The van der Waals surface area contributed by atoms with Crippen molar-refractivity contribution in [1.82, 2.24) is 17.9 Å². The molecule has 0 N–H and O–H groups in total. The Morgan fingerprint density at radius 1 is 0.397 bits per heavy atom. The first kappa shape index (κ1) is 48.6. The Kier molecular flexibility index (Phi) is 11.8. The summed E-state index contributed by atoms with van der Waals surface area (Å²) in [6, 6.07) is 66.7. The summed E-state index contributed by atoms with van der Waals surface area (Å²) in [4.78, 5) is 2.22. The van der Waals surface area contributed by atoms with E-state index in [1.54, 1.807) is 0 Å². The lowest BCUT2D eigenvalue weighted by Gasteiger charge is -2.26. The summed E-state index contributed by atoms with van der Waals surface area (Å²) in [6.45, 7) is 4.38. The van der Waals surface area contributed by atoms with E-state index in [9.17, 15) is 26.3 Å². The predicted molar refractivity (Wildman–Crippen MR) is 306 cm³/mol. The second kappa shape index (κ2) is 18.9. The number of alkyl halides is 6. The van der Waals surface area contributed by atoms with Gasteiger partial charge in [0.25, 0.3) is 0 Å². The van der Waals surface area contributed by atoms with Gasteiger partial charge in [0.05, 0.1) is 50.6 Å². The number of nitrogens with zero attached hydrogens (tertiary/aromatic N) is 5. The SMILES string of the molecule is CCc1ccc2c(c1)c1cc(CC)ccc1n2-c1ccc(N(c2ccccc2)c2ccc(-c3ccc(-n4c5ccc(-c6ccc(C(F)(F)F)cc6)cc5c5cc(-c6ccc(C(F)(F)F)cc6)ccc54)cc3)c3nsnc23)cc1. The van der Waals surface area contributed by atoms with Gasteiger partial charge in [-0.1, -0.05) is 92.7 Å². The molecule has 13 aromatic rings. The molecule has 10 aromatic carbocycles. The van der Waals surface area contributed by atoms with E-state index in [4.69, 9.17) is 8.75 Å². The smallest absolute Gasteiger partial charge is 0.309 e. The van der Waals surface area contributed by atoms with Crippen molar-refractivity contribution in [1.29, 1.82) is 0 Å². The average molecular weight is 1050 g/mol. The van der Waals surface area contributed by atoms with E-state index in [1.165, 1.54) is 57.2 Å². The Morgan fingerprint density at radius 2 is 0.808 bits per heavy atom. The Morgan fingerprint density at radius 3 is 1.28 bits per heavy atom. The highest BCUT2D eigenvalue weighted by Crippen LogP contribution is 2.44. The van der Waals surface area contributed by atoms with Crippen LogP contribution in [0.3, 0.4) is 0 Å². The lowest BCUT2D eigenvalue weighted by Crippen LogP contribution is -2.10. The maximum absolute atomic E-state index is 13.5. The van der Waals surface area contributed by atoms with Crippen molar-refractivity contribution in [2.75, 3.05) is 4.90 Å². The molecule has 382 valence electrons. The van der Waals surface area contributed by atoms with Gasteiger partial charge in [-0.2, -0.15) is 35.1 Å². The molecule has 12 heteroatoms. The number of anilines is 3. The Bertz CT molecular complexity index is 4230. The van der Waals surface area contributed by atoms with Crippen LogP contribution in [-0.2, 0) is 25.2 Å². The fraction of sp³-hybridized carbons (Fsp3) is 0.0909. The van der Waals surface area contributed by atoms with Crippen LogP contribution >= 0.6 is 11.7 Å². The first-order chi connectivity index (χ1) is 37.8. The van der Waals surface area contributed by atoms with Crippen LogP contribution in [-0.4, -0.2) is 17.9 Å². The highest BCUT2D eigenvalue weighted by atomic mass is 32.1. The predicted octanol–water partition coefficient (Wildman–Crippen LogP) is 19.5. The Balaban J connectivity index is 0.876. The largest absolute Gasteiger partial charge is 0.416 e. The molecule has 5 nitrogen and oxygen atoms in total. The fourth-order valence-electron chi connectivity index (χ4n) is 11.0. The second-order valence-electron chi connectivity index (χ2n) is 19.5. The molecule has 0 amide bonds. The third-order valence-corrected chi connectivity index (χ3v) is 15.5. The van der Waals surface area contributed by atoms with E-state index in [0.29, 0.717) is 22.3 Å². The van der Waals surface area contributed by atoms with E-state index in [0.717, 1.165) is 121 Å². The monoisotopic (exact) mass is 1050 g/mol. The van der Waals surface area contributed by atoms with Crippen LogP contribution in [0, 0.1) is 0 Å². The molecule has 0 bridgehead atoms. The molecule has 0 aliphatic carbocycles. The molecule has 78 heavy (non-hydrogen) atoms. The van der Waals surface area contributed by atoms with Crippen molar-refractivity contribution < 1.29 is 26.3 Å². The number of para-hydroxylation sites is 1. The van der Waals surface area contributed by atoms with Crippen LogP contribution in [0.25, 0.3) is 99.4 Å². The van der Waals surface area contributed by atoms with Crippen LogP contribution in [0.5, 0.6) is 0 Å². The van der Waals surface area contributed by atoms with E-state index < -0.39 is 23.5 Å². The lowest BCUT2D eigenvalue weighted by molar-refractivity contribution is -0.138. The van der Waals surface area contributed by atoms with Crippen LogP contribution in [0.1, 0.15) is 36.1 Å². The van der Waals surface area contributed by atoms with Crippen LogP contribution in [0.15, 0.2) is 212 Å². The van der Waals surface area contributed by atoms with Crippen molar-refractivity contribution >= 4 is 83.4 Å². The van der Waals surface area contributed by atoms with Crippen LogP contribution in [0.2, 0.25) is 0 Å². The molecule has 0 atom stereocenters. The van der Waals surface area contributed by atoms with Crippen molar-refractivity contribution in [2.45, 2.75) is 39.0 Å². The molecule has 0 saturated carbocycles. The quantitative estimate of drug-likeness (QED) is 0.128. The fourth-order valence-corrected chi connectivity index (χ4v) is 11.6. The molecule has 0 fully saturated rings. The summed E-state index contributed by atoms with van der Waals surface area (Å²) in [5.74, 6) is 0. The van der Waals surface area contributed by atoms with Gasteiger partial charge in [-0.25, -0.2) is 0 Å². The Labute approximate surface area is 448 Å². The number of fused-ring (bicyclic) bond motifs is 7. The minimum Gasteiger partial charge on any atom is -0.309 e. The maximum Gasteiger partial charge on any atom is 0.416 e. The summed E-state index contributed by atoms with van der Waals surface area (Å²) < 4.78 is 95.5. The molecule has 0 aliphatic rings. The zero-order valence-electron chi connectivity index (χ0n) is 42.0. The van der Waals surface area contributed by atoms with E-state index in [2.05, 4.69) is 125 Å². The molecule has 13 rings (SSSR count). The summed E-state index contributed by atoms with van der Waals surface area (Å²) in [7, 11) is 0. The van der Waals surface area contributed by atoms with E-state index >= 15 is 0 Å². The van der Waals surface area contributed by atoms with Crippen LogP contribution < -0.4 is 4.90 Å². The van der Waals surface area contributed by atoms with Crippen molar-refractivity contribution in [3.63, 3.8) is 0 Å². The van der Waals surface area contributed by atoms with Gasteiger partial charge in [-0.05, 0) is 185 Å². The molecular formula is C66H45F6N5S. The molecule has 3 heterocycles. The minimum atomic E-state index is -4.47. The number of benzene rings is 10. The molecule has 0 unspecified atom stereocenters. The van der Waals surface area contributed by atoms with Crippen molar-refractivity contribution in [3.8, 4) is 44.8 Å². The van der Waals surface area contributed by atoms with Gasteiger partial charge in [-0.3, -0.25) is 0 Å². The van der Waals surface area contributed by atoms with Crippen LogP contribution in [0.4, 0.5) is 43.4 Å². The first-order valence-corrected chi connectivity index (χ1v) is 26.4. The number of hydrogen-bond acceptors (Lipinski definition) is 4. The highest BCUT2D eigenvalue weighted by molar-refractivity contribution is 7.00. The average Bonchev–Trinajstić information content (AvgIpc) is 4.37. The summed E-state index contributed by atoms with van der Waals surface area (Å²) >= 11 is 1.16. The zero-order chi connectivity index (χ0) is 53.5. The zero-order valence-corrected chi connectivity index (χ0v) is 42.9. The first-order valence-electron chi connectivity index (χ1n) is 25.6. The molecular weight excluding hydrogens is 1010 g/mol. The van der Waals surface area contributed by atoms with E-state index in [-0.39, 0.29) is 0 Å². The van der Waals surface area contributed by atoms with Crippen molar-refractivity contribution in [3.05, 3.63) is 235 Å². The standard InChI is InChI=1S/C66H45F6N5S/c1-3-40-10-31-58-54(36-40)55-37-41(4-2)11-32-59(55)77(58)52-28-26-50(27-29-52)75(49-8-6-5-7-9-49)62-35-30-53(63-64(62)74-78-73-63)44-16-24-51(25-17-44)76-60-33-18-45(42-12-20-47(21-13-42)65(67,68)69)38-56(60)57-39-46(19-34-61(57)76)43-14-22-48(23-15-43)66(70,71)72/h5-39H,3-4H2,1-2H3. The summed E-state index contributed by atoms with van der Waals surface area (Å²) in [5, 5.41) is 4.15. The third kappa shape index (κ3) is 8.44. The topological polar surface area (TPSA) is 38.9 Å². The number of aromatic nitrogens is 4. The number of halogens is 6. The van der Waals surface area contributed by atoms with Gasteiger partial charge in [0.2, 0.25) is 0 Å². The van der Waals surface area contributed by atoms with Gasteiger partial charge in [0.15, 0.2) is 0 Å².